The minimum Gasteiger partial charge on any atom is -0.548 e. The molecule has 1 heteroatoms. The Kier molecular flexibility index (Phi) is 13.7. The molecular weight excluding hydrogens is 124 g/mol. The number of hydrogen-bond donors (Lipinski definition) is 0. The monoisotopic (exact) mass is 129 g/mol. The molecule has 0 aromatic rings. The summed E-state index contributed by atoms with van der Waals surface area (Å²) in [5.41, 5.74) is 0. The Morgan fingerprint density at radius 3 is 2.17 bits per heavy atom. The van der Waals surface area contributed by atoms with E-state index in [-0.39, 0.29) is 17.1 Å². The van der Waals surface area contributed by atoms with Crippen molar-refractivity contribution >= 4 is 0 Å². The summed E-state index contributed by atoms with van der Waals surface area (Å²) in [5, 5.41) is 0. The largest absolute Gasteiger partial charge is 2.00 e. The third kappa shape index (κ3) is 9.12. The Morgan fingerprint density at radius 2 is 2.17 bits per heavy atom. The molecule has 0 spiro atoms. The molecular formula is C5H6Cu. The fourth-order valence-corrected chi connectivity index (χ4v) is 0.0786. The van der Waals surface area contributed by atoms with Crippen LogP contribution in [0.1, 0.15) is 0 Å². The van der Waals surface area contributed by atoms with Crippen LogP contribution in [0, 0.1) is 13.0 Å². The van der Waals surface area contributed by atoms with Crippen LogP contribution in [0.2, 0.25) is 0 Å². The number of rotatable bonds is 2. The molecule has 0 N–H and O–H groups in total. The molecule has 0 fully saturated rings. The average Bonchev–Trinajstić information content (AvgIpc) is 1.41. The molecule has 0 heterocycles. The maximum atomic E-state index is 4.89. The van der Waals surface area contributed by atoms with Crippen LogP contribution in [0.4, 0.5) is 0 Å². The van der Waals surface area contributed by atoms with E-state index in [1.54, 1.807) is 12.5 Å². The quantitative estimate of drug-likeness (QED) is 0.390. The second-order valence-corrected chi connectivity index (χ2v) is 0.621. The zero-order valence-electron chi connectivity index (χ0n) is 3.32. The van der Waals surface area contributed by atoms with Crippen molar-refractivity contribution in [3.05, 3.63) is 31.7 Å². The van der Waals surface area contributed by atoms with E-state index in [1.807, 2.05) is 0 Å². The van der Waals surface area contributed by atoms with Gasteiger partial charge in [0.25, 0.3) is 0 Å². The van der Waals surface area contributed by atoms with Crippen molar-refractivity contribution in [2.75, 3.05) is 0 Å². The van der Waals surface area contributed by atoms with E-state index in [4.69, 9.17) is 6.58 Å². The first-order chi connectivity index (χ1) is 2.41. The van der Waals surface area contributed by atoms with Gasteiger partial charge in [0, 0.05) is 0 Å². The van der Waals surface area contributed by atoms with Crippen LogP contribution in [0.15, 0.2) is 18.7 Å². The van der Waals surface area contributed by atoms with Gasteiger partial charge in [-0.15, -0.1) is 6.58 Å². The number of hydrogen-bond acceptors (Lipinski definition) is 0. The molecule has 0 aliphatic rings. The van der Waals surface area contributed by atoms with Crippen LogP contribution in [0.25, 0.3) is 0 Å². The Labute approximate surface area is 49.4 Å². The maximum Gasteiger partial charge on any atom is 2.00 e. The van der Waals surface area contributed by atoms with Gasteiger partial charge in [-0.3, -0.25) is 0 Å². The predicted molar refractivity (Wildman–Crippen MR) is 23.4 cm³/mol. The van der Waals surface area contributed by atoms with Crippen molar-refractivity contribution in [2.24, 2.45) is 0 Å². The Bertz CT molecular complexity index is 33.2. The second kappa shape index (κ2) is 8.85. The predicted octanol–water partition coefficient (Wildman–Crippen LogP) is 1.36. The Morgan fingerprint density at radius 1 is 1.67 bits per heavy atom. The molecule has 0 aromatic heterocycles. The minimum absolute atomic E-state index is 0. The van der Waals surface area contributed by atoms with E-state index in [2.05, 4.69) is 6.58 Å². The van der Waals surface area contributed by atoms with E-state index in [0.717, 1.165) is 0 Å². The molecule has 0 atom stereocenters. The summed E-state index contributed by atoms with van der Waals surface area (Å²) in [5.74, 6) is 0. The van der Waals surface area contributed by atoms with Gasteiger partial charge in [-0.05, 0) is 0 Å². The Balaban J connectivity index is 0. The van der Waals surface area contributed by atoms with Gasteiger partial charge < -0.3 is 19.1 Å². The first-order valence-electron chi connectivity index (χ1n) is 1.41. The van der Waals surface area contributed by atoms with Crippen LogP contribution < -0.4 is 0 Å². The SMILES string of the molecule is [CH-]=C[CH-]C=C.[Cu+2]. The molecule has 6 heavy (non-hydrogen) atoms. The van der Waals surface area contributed by atoms with Crippen molar-refractivity contribution in [2.45, 2.75) is 0 Å². The molecule has 0 saturated carbocycles. The molecule has 0 rings (SSSR count). The van der Waals surface area contributed by atoms with Crippen LogP contribution >= 0.6 is 0 Å². The summed E-state index contributed by atoms with van der Waals surface area (Å²) in [7, 11) is 0. The molecule has 0 saturated heterocycles. The van der Waals surface area contributed by atoms with Gasteiger partial charge in [-0.2, -0.15) is 0 Å². The average molecular weight is 130 g/mol. The van der Waals surface area contributed by atoms with Gasteiger partial charge in [-0.1, -0.05) is 0 Å². The zero-order valence-corrected chi connectivity index (χ0v) is 4.26. The summed E-state index contributed by atoms with van der Waals surface area (Å²) in [6.45, 7) is 8.27. The maximum absolute atomic E-state index is 4.89. The molecule has 0 aliphatic heterocycles. The van der Waals surface area contributed by atoms with Crippen LogP contribution in [0.5, 0.6) is 0 Å². The Hall–Kier alpha value is -0.131. The van der Waals surface area contributed by atoms with Crippen LogP contribution in [-0.4, -0.2) is 0 Å². The third-order valence-electron chi connectivity index (χ3n) is 0.247. The van der Waals surface area contributed by atoms with Gasteiger partial charge in [0.1, 0.15) is 0 Å². The fraction of sp³-hybridized carbons (Fsp3) is 0. The topological polar surface area (TPSA) is 0 Å². The molecule has 0 unspecified atom stereocenters. The van der Waals surface area contributed by atoms with E-state index in [0.29, 0.717) is 0 Å². The van der Waals surface area contributed by atoms with E-state index >= 15 is 0 Å². The van der Waals surface area contributed by atoms with Gasteiger partial charge in [0.15, 0.2) is 0 Å². The molecule has 0 aliphatic carbocycles. The van der Waals surface area contributed by atoms with Crippen LogP contribution in [0.3, 0.4) is 0 Å². The molecule has 0 aromatic carbocycles. The van der Waals surface area contributed by atoms with Gasteiger partial charge in [0.05, 0.1) is 0 Å². The standard InChI is InChI=1S/C5H6.Cu/c1-3-5-4-2;/h1,3-5H,2H2;/q-2;+2. The molecule has 0 amide bonds. The molecule has 0 bridgehead atoms. The fourth-order valence-electron chi connectivity index (χ4n) is 0.0786. The van der Waals surface area contributed by atoms with E-state index < -0.39 is 0 Å². The van der Waals surface area contributed by atoms with Crippen molar-refractivity contribution in [3.8, 4) is 0 Å². The summed E-state index contributed by atoms with van der Waals surface area (Å²) < 4.78 is 0. The summed E-state index contributed by atoms with van der Waals surface area (Å²) in [4.78, 5) is 0. The third-order valence-corrected chi connectivity index (χ3v) is 0.247. The van der Waals surface area contributed by atoms with E-state index in [9.17, 15) is 0 Å². The van der Waals surface area contributed by atoms with Crippen molar-refractivity contribution in [1.29, 1.82) is 0 Å². The van der Waals surface area contributed by atoms with Crippen molar-refractivity contribution < 1.29 is 17.1 Å². The minimum atomic E-state index is 0. The van der Waals surface area contributed by atoms with Gasteiger partial charge in [-0.25, -0.2) is 6.08 Å². The van der Waals surface area contributed by atoms with Gasteiger partial charge >= 0.3 is 17.1 Å². The normalized spacial score (nSPS) is 4.67. The zero-order chi connectivity index (χ0) is 4.12. The molecule has 37 valence electrons. The van der Waals surface area contributed by atoms with Crippen molar-refractivity contribution in [1.82, 2.24) is 0 Å². The van der Waals surface area contributed by atoms with E-state index in [1.165, 1.54) is 6.08 Å². The first kappa shape index (κ1) is 9.30. The first-order valence-corrected chi connectivity index (χ1v) is 1.41. The number of allylic oxidation sites excluding steroid dienone is 2. The summed E-state index contributed by atoms with van der Waals surface area (Å²) in [6, 6.07) is 0. The molecule has 0 nitrogen and oxygen atoms in total. The summed E-state index contributed by atoms with van der Waals surface area (Å²) in [6.07, 6.45) is 4.73. The van der Waals surface area contributed by atoms with Crippen molar-refractivity contribution in [3.63, 3.8) is 0 Å². The second-order valence-electron chi connectivity index (χ2n) is 0.621. The molecule has 1 radical (unpaired) electrons. The smallest absolute Gasteiger partial charge is 0.548 e. The van der Waals surface area contributed by atoms with Gasteiger partial charge in [0.2, 0.25) is 0 Å². The summed E-state index contributed by atoms with van der Waals surface area (Å²) >= 11 is 0. The van der Waals surface area contributed by atoms with Crippen LogP contribution in [-0.2, 0) is 17.1 Å².